The molecule has 0 fully saturated rings. The summed E-state index contributed by atoms with van der Waals surface area (Å²) in [6.07, 6.45) is 29.6. The second-order valence-electron chi connectivity index (χ2n) is 14.6. The van der Waals surface area contributed by atoms with Gasteiger partial charge in [-0.25, -0.2) is 0 Å². The Labute approximate surface area is 291 Å². The summed E-state index contributed by atoms with van der Waals surface area (Å²) >= 11 is 0. The van der Waals surface area contributed by atoms with Gasteiger partial charge in [-0.2, -0.15) is 0 Å². The average Bonchev–Trinajstić information content (AvgIpc) is 3.05. The van der Waals surface area contributed by atoms with Crippen molar-refractivity contribution in [3.63, 3.8) is 0 Å². The minimum Gasteiger partial charge on any atom is -0.462 e. The summed E-state index contributed by atoms with van der Waals surface area (Å²) in [6, 6.07) is 0. The molecule has 1 unspecified atom stereocenters. The van der Waals surface area contributed by atoms with Gasteiger partial charge in [0.05, 0.1) is 0 Å². The zero-order valence-corrected chi connectivity index (χ0v) is 31.9. The van der Waals surface area contributed by atoms with Crippen LogP contribution >= 0.6 is 0 Å². The fourth-order valence-corrected chi connectivity index (χ4v) is 5.84. The van der Waals surface area contributed by atoms with E-state index in [0.29, 0.717) is 19.3 Å². The van der Waals surface area contributed by atoms with Crippen LogP contribution in [0.25, 0.3) is 0 Å². The van der Waals surface area contributed by atoms with Gasteiger partial charge in [0.1, 0.15) is 13.2 Å². The molecular weight excluding hydrogens is 588 g/mol. The molecule has 0 bridgehead atoms. The van der Waals surface area contributed by atoms with E-state index < -0.39 is 6.10 Å². The quantitative estimate of drug-likeness (QED) is 0.0380. The molecule has 6 heteroatoms. The number of unbranched alkanes of at least 4 members (excludes halogenated alkanes) is 19. The van der Waals surface area contributed by atoms with Crippen molar-refractivity contribution in [1.29, 1.82) is 0 Å². The average molecular weight is 667 g/mol. The third-order valence-corrected chi connectivity index (χ3v) is 9.33. The first kappa shape index (κ1) is 45.4. The number of esters is 3. The van der Waals surface area contributed by atoms with Crippen LogP contribution in [0, 0.1) is 11.8 Å². The van der Waals surface area contributed by atoms with Crippen molar-refractivity contribution in [3.05, 3.63) is 0 Å². The normalized spacial score (nSPS) is 12.6. The predicted molar refractivity (Wildman–Crippen MR) is 196 cm³/mol. The van der Waals surface area contributed by atoms with Crippen LogP contribution in [0.1, 0.15) is 214 Å². The van der Waals surface area contributed by atoms with E-state index in [1.165, 1.54) is 103 Å². The van der Waals surface area contributed by atoms with Crippen molar-refractivity contribution in [1.82, 2.24) is 0 Å². The Bertz CT molecular complexity index is 721. The predicted octanol–water partition coefficient (Wildman–Crippen LogP) is 12.2. The van der Waals surface area contributed by atoms with Gasteiger partial charge in [0.2, 0.25) is 0 Å². The van der Waals surface area contributed by atoms with E-state index in [-0.39, 0.29) is 31.1 Å². The van der Waals surface area contributed by atoms with Gasteiger partial charge in [-0.05, 0) is 31.1 Å². The third-order valence-electron chi connectivity index (χ3n) is 9.33. The zero-order valence-electron chi connectivity index (χ0n) is 31.9. The molecule has 0 heterocycles. The third kappa shape index (κ3) is 34.1. The van der Waals surface area contributed by atoms with E-state index in [1.54, 1.807) is 0 Å². The number of carbonyl (C=O) groups excluding carboxylic acids is 3. The Balaban J connectivity index is 4.38. The molecule has 0 aliphatic heterocycles. The van der Waals surface area contributed by atoms with Gasteiger partial charge in [0.25, 0.3) is 0 Å². The topological polar surface area (TPSA) is 78.9 Å². The van der Waals surface area contributed by atoms with E-state index in [9.17, 15) is 14.4 Å². The minimum absolute atomic E-state index is 0.0672. The summed E-state index contributed by atoms with van der Waals surface area (Å²) in [5.74, 6) is 0.719. The number of hydrogen-bond donors (Lipinski definition) is 0. The van der Waals surface area contributed by atoms with Crippen LogP contribution in [0.2, 0.25) is 0 Å². The summed E-state index contributed by atoms with van der Waals surface area (Å²) in [5, 5.41) is 0. The SMILES string of the molecule is CCCCCCCCCCCC(=O)OC[C@@H](COC(=O)CCCCCCCCCC(C)C)OC(=O)CCCCCCCCC(C)CC. The van der Waals surface area contributed by atoms with Crippen LogP contribution < -0.4 is 0 Å². The van der Waals surface area contributed by atoms with E-state index in [0.717, 1.165) is 69.6 Å². The van der Waals surface area contributed by atoms with Crippen molar-refractivity contribution in [3.8, 4) is 0 Å². The summed E-state index contributed by atoms with van der Waals surface area (Å²) in [7, 11) is 0. The van der Waals surface area contributed by atoms with Crippen LogP contribution in [0.3, 0.4) is 0 Å². The molecule has 2 atom stereocenters. The number of rotatable bonds is 35. The maximum Gasteiger partial charge on any atom is 0.306 e. The highest BCUT2D eigenvalue weighted by molar-refractivity contribution is 5.71. The Morgan fingerprint density at radius 2 is 0.809 bits per heavy atom. The molecule has 0 radical (unpaired) electrons. The lowest BCUT2D eigenvalue weighted by molar-refractivity contribution is -0.167. The molecule has 47 heavy (non-hydrogen) atoms. The molecule has 0 aromatic rings. The lowest BCUT2D eigenvalue weighted by atomic mass is 10.00. The van der Waals surface area contributed by atoms with Crippen LogP contribution in [-0.4, -0.2) is 37.2 Å². The van der Waals surface area contributed by atoms with E-state index in [1.807, 2.05) is 0 Å². The van der Waals surface area contributed by atoms with E-state index >= 15 is 0 Å². The number of carbonyl (C=O) groups is 3. The highest BCUT2D eigenvalue weighted by Gasteiger charge is 2.19. The molecule has 0 aliphatic rings. The van der Waals surface area contributed by atoms with Gasteiger partial charge >= 0.3 is 17.9 Å². The van der Waals surface area contributed by atoms with Crippen molar-refractivity contribution >= 4 is 17.9 Å². The monoisotopic (exact) mass is 667 g/mol. The molecule has 6 nitrogen and oxygen atoms in total. The smallest absolute Gasteiger partial charge is 0.306 e. The maximum atomic E-state index is 12.6. The van der Waals surface area contributed by atoms with E-state index in [2.05, 4.69) is 34.6 Å². The molecule has 278 valence electrons. The summed E-state index contributed by atoms with van der Waals surface area (Å²) in [5.41, 5.74) is 0. The molecule has 0 N–H and O–H groups in total. The summed E-state index contributed by atoms with van der Waals surface area (Å²) in [4.78, 5) is 37.4. The maximum absolute atomic E-state index is 12.6. The first-order chi connectivity index (χ1) is 22.8. The Hall–Kier alpha value is -1.59. The van der Waals surface area contributed by atoms with Gasteiger partial charge in [0.15, 0.2) is 6.10 Å². The molecule has 0 spiro atoms. The van der Waals surface area contributed by atoms with Crippen LogP contribution in [0.15, 0.2) is 0 Å². The molecule has 0 amide bonds. The molecule has 0 aromatic heterocycles. The molecule has 0 saturated heterocycles. The molecule has 0 saturated carbocycles. The van der Waals surface area contributed by atoms with E-state index in [4.69, 9.17) is 14.2 Å². The van der Waals surface area contributed by atoms with Crippen LogP contribution in [0.4, 0.5) is 0 Å². The zero-order chi connectivity index (χ0) is 34.8. The van der Waals surface area contributed by atoms with Crippen LogP contribution in [-0.2, 0) is 28.6 Å². The molecular formula is C41H78O6. The van der Waals surface area contributed by atoms with Crippen molar-refractivity contribution in [2.75, 3.05) is 13.2 Å². The second kappa shape index (κ2) is 34.3. The summed E-state index contributed by atoms with van der Waals surface area (Å²) in [6.45, 7) is 11.2. The Morgan fingerprint density at radius 3 is 1.21 bits per heavy atom. The fraction of sp³-hybridized carbons (Fsp3) is 0.927. The largest absolute Gasteiger partial charge is 0.462 e. The Kier molecular flexibility index (Phi) is 33.1. The van der Waals surface area contributed by atoms with Crippen molar-refractivity contribution in [2.45, 2.75) is 221 Å². The first-order valence-corrected chi connectivity index (χ1v) is 20.3. The molecule has 0 rings (SSSR count). The molecule has 0 aliphatic carbocycles. The minimum atomic E-state index is -0.759. The lowest BCUT2D eigenvalue weighted by Gasteiger charge is -2.18. The first-order valence-electron chi connectivity index (χ1n) is 20.3. The standard InChI is InChI=1S/C41H78O6/c1-6-8-9-10-11-12-15-21-26-31-39(42)45-34-38(47-41(44)33-28-23-18-17-20-25-30-37(5)7-2)35-46-40(43)32-27-22-16-13-14-19-24-29-36(3)4/h36-38H,6-35H2,1-5H3/t37?,38-/m0/s1. The number of hydrogen-bond acceptors (Lipinski definition) is 6. The second-order valence-corrected chi connectivity index (χ2v) is 14.6. The van der Waals surface area contributed by atoms with Gasteiger partial charge in [-0.1, -0.05) is 176 Å². The Morgan fingerprint density at radius 1 is 0.447 bits per heavy atom. The van der Waals surface area contributed by atoms with Crippen LogP contribution in [0.5, 0.6) is 0 Å². The number of ether oxygens (including phenoxy) is 3. The highest BCUT2D eigenvalue weighted by atomic mass is 16.6. The summed E-state index contributed by atoms with van der Waals surface area (Å²) < 4.78 is 16.6. The van der Waals surface area contributed by atoms with Gasteiger partial charge in [-0.3, -0.25) is 14.4 Å². The van der Waals surface area contributed by atoms with Crippen molar-refractivity contribution < 1.29 is 28.6 Å². The lowest BCUT2D eigenvalue weighted by Crippen LogP contribution is -2.30. The molecule has 0 aromatic carbocycles. The van der Waals surface area contributed by atoms with Crippen molar-refractivity contribution in [2.24, 2.45) is 11.8 Å². The van der Waals surface area contributed by atoms with Gasteiger partial charge < -0.3 is 14.2 Å². The highest BCUT2D eigenvalue weighted by Crippen LogP contribution is 2.16. The van der Waals surface area contributed by atoms with Gasteiger partial charge in [-0.15, -0.1) is 0 Å². The van der Waals surface area contributed by atoms with Gasteiger partial charge in [0, 0.05) is 19.3 Å². The fourth-order valence-electron chi connectivity index (χ4n) is 5.84.